The minimum atomic E-state index is -0.251. The smallest absolute Gasteiger partial charge is 0.240 e. The van der Waals surface area contributed by atoms with Crippen molar-refractivity contribution < 1.29 is 4.79 Å². The summed E-state index contributed by atoms with van der Waals surface area (Å²) in [5, 5.41) is 0. The van der Waals surface area contributed by atoms with E-state index in [0.717, 1.165) is 24.2 Å². The Morgan fingerprint density at radius 2 is 2.33 bits per heavy atom. The quantitative estimate of drug-likeness (QED) is 0.741. The highest BCUT2D eigenvalue weighted by Gasteiger charge is 2.32. The van der Waals surface area contributed by atoms with Gasteiger partial charge < -0.3 is 16.4 Å². The van der Waals surface area contributed by atoms with Gasteiger partial charge in [-0.25, -0.2) is 0 Å². The lowest BCUT2D eigenvalue weighted by Crippen LogP contribution is -2.55. The van der Waals surface area contributed by atoms with Gasteiger partial charge in [-0.1, -0.05) is 12.1 Å². The number of nitrogens with zero attached hydrogens (tertiary/aromatic N) is 1. The molecule has 1 fully saturated rings. The van der Waals surface area contributed by atoms with E-state index in [0.29, 0.717) is 6.54 Å². The molecule has 0 aromatic heterocycles. The Morgan fingerprint density at radius 1 is 1.53 bits per heavy atom. The van der Waals surface area contributed by atoms with Gasteiger partial charge in [-0.05, 0) is 24.1 Å². The lowest BCUT2D eigenvalue weighted by atomic mass is 10.0. The molecule has 2 rings (SSSR count). The Morgan fingerprint density at radius 3 is 2.87 bits per heavy atom. The first kappa shape index (κ1) is 9.98. The van der Waals surface area contributed by atoms with Crippen molar-refractivity contribution >= 4 is 11.6 Å². The van der Waals surface area contributed by atoms with Crippen molar-refractivity contribution in [2.24, 2.45) is 11.5 Å². The van der Waals surface area contributed by atoms with Gasteiger partial charge in [-0.2, -0.15) is 0 Å². The molecule has 0 bridgehead atoms. The highest BCUT2D eigenvalue weighted by Crippen LogP contribution is 2.26. The summed E-state index contributed by atoms with van der Waals surface area (Å²) < 4.78 is 0. The molecule has 1 amide bonds. The summed E-state index contributed by atoms with van der Waals surface area (Å²) in [5.41, 5.74) is 13.0. The first-order valence-electron chi connectivity index (χ1n) is 5.07. The molecule has 4 heteroatoms. The molecule has 1 saturated heterocycles. The molecule has 1 aliphatic heterocycles. The standard InChI is InChI=1S/C11H15N3O/c12-7-8-2-1-3-9(6-8)14-5-4-10(14)11(13)15/h1-3,6,10H,4-5,7,12H2,(H2,13,15). The van der Waals surface area contributed by atoms with Gasteiger partial charge in [-0.3, -0.25) is 4.79 Å². The fraction of sp³-hybridized carbons (Fsp3) is 0.364. The lowest BCUT2D eigenvalue weighted by Gasteiger charge is -2.40. The second-order valence-electron chi connectivity index (χ2n) is 3.77. The molecule has 1 aromatic rings. The Hall–Kier alpha value is -1.55. The number of benzene rings is 1. The van der Waals surface area contributed by atoms with Gasteiger partial charge in [0.05, 0.1) is 0 Å². The zero-order valence-corrected chi connectivity index (χ0v) is 8.52. The van der Waals surface area contributed by atoms with Crippen LogP contribution in [0.4, 0.5) is 5.69 Å². The van der Waals surface area contributed by atoms with Gasteiger partial charge in [0.15, 0.2) is 0 Å². The number of nitrogens with two attached hydrogens (primary N) is 2. The number of rotatable bonds is 3. The highest BCUT2D eigenvalue weighted by molar-refractivity contribution is 5.85. The second-order valence-corrected chi connectivity index (χ2v) is 3.77. The average molecular weight is 205 g/mol. The molecule has 1 aromatic carbocycles. The summed E-state index contributed by atoms with van der Waals surface area (Å²) in [7, 11) is 0. The normalized spacial score (nSPS) is 19.8. The summed E-state index contributed by atoms with van der Waals surface area (Å²) in [4.78, 5) is 13.1. The number of primary amides is 1. The second kappa shape index (κ2) is 3.90. The predicted octanol–water partition coefficient (Wildman–Crippen LogP) is 0.209. The van der Waals surface area contributed by atoms with Crippen LogP contribution >= 0.6 is 0 Å². The van der Waals surface area contributed by atoms with E-state index in [1.807, 2.05) is 29.2 Å². The fourth-order valence-electron chi connectivity index (χ4n) is 1.85. The first-order valence-corrected chi connectivity index (χ1v) is 5.07. The van der Waals surface area contributed by atoms with Gasteiger partial charge in [0.1, 0.15) is 6.04 Å². The first-order chi connectivity index (χ1) is 7.22. The number of carbonyl (C=O) groups excluding carboxylic acids is 1. The Labute approximate surface area is 88.9 Å². The van der Waals surface area contributed by atoms with Crippen LogP contribution < -0.4 is 16.4 Å². The number of anilines is 1. The van der Waals surface area contributed by atoms with E-state index in [9.17, 15) is 4.79 Å². The molecule has 0 radical (unpaired) electrons. The third-order valence-electron chi connectivity index (χ3n) is 2.83. The van der Waals surface area contributed by atoms with Gasteiger partial charge >= 0.3 is 0 Å². The fourth-order valence-corrected chi connectivity index (χ4v) is 1.85. The molecule has 0 aliphatic carbocycles. The summed E-state index contributed by atoms with van der Waals surface area (Å²) in [6.07, 6.45) is 0.849. The van der Waals surface area contributed by atoms with E-state index in [1.54, 1.807) is 0 Å². The van der Waals surface area contributed by atoms with Gasteiger partial charge in [0, 0.05) is 18.8 Å². The number of hydrogen-bond donors (Lipinski definition) is 2. The van der Waals surface area contributed by atoms with Crippen LogP contribution in [0, 0.1) is 0 Å². The molecule has 0 spiro atoms. The molecule has 0 saturated carbocycles. The van der Waals surface area contributed by atoms with E-state index in [2.05, 4.69) is 0 Å². The maximum absolute atomic E-state index is 11.1. The topological polar surface area (TPSA) is 72.3 Å². The number of carbonyl (C=O) groups is 1. The van der Waals surface area contributed by atoms with Crippen LogP contribution in [0.5, 0.6) is 0 Å². The SMILES string of the molecule is NCc1cccc(N2CCC2C(N)=O)c1. The summed E-state index contributed by atoms with van der Waals surface area (Å²) >= 11 is 0. The van der Waals surface area contributed by atoms with Crippen molar-refractivity contribution in [2.75, 3.05) is 11.4 Å². The molecular formula is C11H15N3O. The van der Waals surface area contributed by atoms with Crippen molar-refractivity contribution in [3.63, 3.8) is 0 Å². The summed E-state index contributed by atoms with van der Waals surface area (Å²) in [6, 6.07) is 7.78. The monoisotopic (exact) mass is 205 g/mol. The molecule has 1 atom stereocenters. The van der Waals surface area contributed by atoms with Crippen molar-refractivity contribution in [3.05, 3.63) is 29.8 Å². The maximum atomic E-state index is 11.1. The highest BCUT2D eigenvalue weighted by atomic mass is 16.1. The summed E-state index contributed by atoms with van der Waals surface area (Å²) in [5.74, 6) is -0.251. The largest absolute Gasteiger partial charge is 0.368 e. The molecule has 4 nitrogen and oxygen atoms in total. The Bertz CT molecular complexity index is 378. The number of amides is 1. The van der Waals surface area contributed by atoms with Crippen molar-refractivity contribution in [3.8, 4) is 0 Å². The molecule has 1 heterocycles. The minimum Gasteiger partial charge on any atom is -0.368 e. The van der Waals surface area contributed by atoms with Crippen LogP contribution in [0.25, 0.3) is 0 Å². The third kappa shape index (κ3) is 1.80. The zero-order valence-electron chi connectivity index (χ0n) is 8.52. The minimum absolute atomic E-state index is 0.141. The van der Waals surface area contributed by atoms with Crippen molar-refractivity contribution in [1.82, 2.24) is 0 Å². The Kier molecular flexibility index (Phi) is 2.60. The van der Waals surface area contributed by atoms with Crippen molar-refractivity contribution in [1.29, 1.82) is 0 Å². The van der Waals surface area contributed by atoms with Gasteiger partial charge in [0.25, 0.3) is 0 Å². The van der Waals surface area contributed by atoms with E-state index in [1.165, 1.54) is 0 Å². The maximum Gasteiger partial charge on any atom is 0.240 e. The molecule has 4 N–H and O–H groups in total. The van der Waals surface area contributed by atoms with Gasteiger partial charge in [0.2, 0.25) is 5.91 Å². The molecule has 1 aliphatic rings. The predicted molar refractivity (Wildman–Crippen MR) is 59.3 cm³/mol. The number of hydrogen-bond acceptors (Lipinski definition) is 3. The van der Waals surface area contributed by atoms with Crippen LogP contribution in [-0.4, -0.2) is 18.5 Å². The molecule has 80 valence electrons. The third-order valence-corrected chi connectivity index (χ3v) is 2.83. The molecular weight excluding hydrogens is 190 g/mol. The Balaban J connectivity index is 2.19. The molecule has 1 unspecified atom stereocenters. The van der Waals surface area contributed by atoms with E-state index >= 15 is 0 Å². The zero-order chi connectivity index (χ0) is 10.8. The van der Waals surface area contributed by atoms with Crippen LogP contribution in [0.1, 0.15) is 12.0 Å². The van der Waals surface area contributed by atoms with Crippen LogP contribution in [0.3, 0.4) is 0 Å². The van der Waals surface area contributed by atoms with E-state index in [4.69, 9.17) is 11.5 Å². The summed E-state index contributed by atoms with van der Waals surface area (Å²) in [6.45, 7) is 1.41. The van der Waals surface area contributed by atoms with Crippen LogP contribution in [-0.2, 0) is 11.3 Å². The van der Waals surface area contributed by atoms with Crippen molar-refractivity contribution in [2.45, 2.75) is 19.0 Å². The van der Waals surface area contributed by atoms with Gasteiger partial charge in [-0.15, -0.1) is 0 Å². The molecule has 15 heavy (non-hydrogen) atoms. The van der Waals surface area contributed by atoms with E-state index in [-0.39, 0.29) is 11.9 Å². The van der Waals surface area contributed by atoms with Crippen LogP contribution in [0.15, 0.2) is 24.3 Å². The lowest BCUT2D eigenvalue weighted by molar-refractivity contribution is -0.120. The average Bonchev–Trinajstić information content (AvgIpc) is 2.15. The van der Waals surface area contributed by atoms with Crippen LogP contribution in [0.2, 0.25) is 0 Å². The van der Waals surface area contributed by atoms with E-state index < -0.39 is 0 Å².